The van der Waals surface area contributed by atoms with Crippen molar-refractivity contribution in [3.8, 4) is 0 Å². The fourth-order valence-electron chi connectivity index (χ4n) is 9.08. The molecule has 0 amide bonds. The van der Waals surface area contributed by atoms with Gasteiger partial charge in [0.25, 0.3) is 0 Å². The molecule has 0 fully saturated rings. The van der Waals surface area contributed by atoms with Crippen molar-refractivity contribution in [2.24, 2.45) is 0 Å². The van der Waals surface area contributed by atoms with Gasteiger partial charge in [0.15, 0.2) is 0 Å². The molecule has 294 valence electrons. The van der Waals surface area contributed by atoms with Crippen LogP contribution in [0.15, 0.2) is 194 Å². The molecule has 0 aliphatic heterocycles. The molecule has 7 aromatic carbocycles. The summed E-state index contributed by atoms with van der Waals surface area (Å²) in [7, 11) is -4.19. The monoisotopic (exact) mass is 796 g/mol. The summed E-state index contributed by atoms with van der Waals surface area (Å²) in [6, 6.07) is 74.5. The van der Waals surface area contributed by atoms with E-state index in [1.54, 1.807) is 22.3 Å². The van der Waals surface area contributed by atoms with Crippen LogP contribution < -0.4 is 31.8 Å². The lowest BCUT2D eigenvalue weighted by Gasteiger charge is -2.31. The van der Waals surface area contributed by atoms with Gasteiger partial charge in [-0.15, -0.1) is 0 Å². The van der Waals surface area contributed by atoms with Gasteiger partial charge < -0.3 is 0 Å². The SMILES string of the molecule is CCCCCCc1cc(C[P+](c2ccccc2)(c2ccccc2)c2ccccc2)c(CCCCCC)cc1C[P+](c1ccccc1)(c1ccccc1)c1ccccc1. The molecular weight excluding hydrogens is 735 g/mol. The molecule has 0 spiro atoms. The number of hydrogen-bond acceptors (Lipinski definition) is 0. The zero-order chi connectivity index (χ0) is 39.9. The molecule has 58 heavy (non-hydrogen) atoms. The van der Waals surface area contributed by atoms with Crippen molar-refractivity contribution in [3.05, 3.63) is 216 Å². The maximum Gasteiger partial charge on any atom is 0.116 e. The van der Waals surface area contributed by atoms with Gasteiger partial charge in [0, 0.05) is 0 Å². The number of hydrogen-bond donors (Lipinski definition) is 0. The van der Waals surface area contributed by atoms with E-state index in [2.05, 4.69) is 208 Å². The van der Waals surface area contributed by atoms with E-state index < -0.39 is 14.5 Å². The van der Waals surface area contributed by atoms with E-state index in [4.69, 9.17) is 0 Å². The lowest BCUT2D eigenvalue weighted by atomic mass is 9.93. The average Bonchev–Trinajstić information content (AvgIpc) is 3.30. The van der Waals surface area contributed by atoms with Crippen molar-refractivity contribution in [2.75, 3.05) is 0 Å². The van der Waals surface area contributed by atoms with Crippen LogP contribution in [0.25, 0.3) is 0 Å². The molecule has 0 radical (unpaired) electrons. The summed E-state index contributed by atoms with van der Waals surface area (Å²) in [5.41, 5.74) is 6.23. The van der Waals surface area contributed by atoms with E-state index in [-0.39, 0.29) is 0 Å². The molecule has 7 rings (SSSR count). The Hall–Kier alpha value is -4.60. The number of unbranched alkanes of at least 4 members (excludes halogenated alkanes) is 6. The second-order valence-corrected chi connectivity index (χ2v) is 22.9. The molecule has 7 aromatic rings. The van der Waals surface area contributed by atoms with E-state index in [1.165, 1.54) is 83.2 Å². The molecule has 2 heteroatoms. The van der Waals surface area contributed by atoms with E-state index >= 15 is 0 Å². The molecule has 0 saturated carbocycles. The molecule has 0 aliphatic carbocycles. The van der Waals surface area contributed by atoms with Gasteiger partial charge in [0.1, 0.15) is 46.4 Å². The Kier molecular flexibility index (Phi) is 15.0. The lowest BCUT2D eigenvalue weighted by molar-refractivity contribution is 0.660. The van der Waals surface area contributed by atoms with Crippen LogP contribution in [0.2, 0.25) is 0 Å². The van der Waals surface area contributed by atoms with Gasteiger partial charge >= 0.3 is 0 Å². The Bertz CT molecular complexity index is 1880. The second-order valence-electron chi connectivity index (χ2n) is 16.0. The highest BCUT2D eigenvalue weighted by molar-refractivity contribution is 7.95. The number of benzene rings is 7. The van der Waals surface area contributed by atoms with Crippen LogP contribution in [0, 0.1) is 0 Å². The van der Waals surface area contributed by atoms with Gasteiger partial charge in [-0.2, -0.15) is 0 Å². The highest BCUT2D eigenvalue weighted by atomic mass is 31.2. The highest BCUT2D eigenvalue weighted by Gasteiger charge is 2.48. The summed E-state index contributed by atoms with van der Waals surface area (Å²) < 4.78 is 0. The third kappa shape index (κ3) is 9.47. The van der Waals surface area contributed by atoms with Crippen LogP contribution in [-0.2, 0) is 25.2 Å². The minimum absolute atomic E-state index is 1.02. The summed E-state index contributed by atoms with van der Waals surface area (Å²) >= 11 is 0. The topological polar surface area (TPSA) is 0 Å². The van der Waals surface area contributed by atoms with Gasteiger partial charge in [-0.05, 0) is 121 Å². The third-order valence-corrected chi connectivity index (χ3v) is 20.8. The first kappa shape index (κ1) is 41.6. The Balaban J connectivity index is 1.47. The molecule has 0 unspecified atom stereocenters. The van der Waals surface area contributed by atoms with Gasteiger partial charge in [0.05, 0.1) is 12.3 Å². The van der Waals surface area contributed by atoms with Crippen LogP contribution in [0.5, 0.6) is 0 Å². The fourth-order valence-corrected chi connectivity index (χ4v) is 17.7. The zero-order valence-electron chi connectivity index (χ0n) is 34.9. The minimum atomic E-state index is -2.10. The largest absolute Gasteiger partial charge is 0.116 e. The molecule has 0 saturated heterocycles. The summed E-state index contributed by atoms with van der Waals surface area (Å²) in [6.07, 6.45) is 14.3. The maximum atomic E-state index is 2.73. The van der Waals surface area contributed by atoms with Crippen molar-refractivity contribution in [3.63, 3.8) is 0 Å². The summed E-state index contributed by atoms with van der Waals surface area (Å²) in [4.78, 5) is 0. The first-order valence-electron chi connectivity index (χ1n) is 21.9. The molecular formula is C56H62P2+2. The van der Waals surface area contributed by atoms with Crippen molar-refractivity contribution < 1.29 is 0 Å². The number of aryl methyl sites for hydroxylation is 2. The first-order valence-corrected chi connectivity index (χ1v) is 25.9. The second kappa shape index (κ2) is 20.9. The average molecular weight is 797 g/mol. The van der Waals surface area contributed by atoms with Gasteiger partial charge in [-0.1, -0.05) is 174 Å². The van der Waals surface area contributed by atoms with Gasteiger partial charge in [-0.25, -0.2) is 0 Å². The predicted octanol–water partition coefficient (Wildman–Crippen LogP) is 12.9. The van der Waals surface area contributed by atoms with Crippen LogP contribution >= 0.6 is 14.5 Å². The first-order chi connectivity index (χ1) is 28.7. The molecule has 0 bridgehead atoms. The van der Waals surface area contributed by atoms with E-state index in [0.29, 0.717) is 0 Å². The lowest BCUT2D eigenvalue weighted by Crippen LogP contribution is -2.33. The predicted molar refractivity (Wildman–Crippen MR) is 260 cm³/mol. The number of rotatable bonds is 20. The molecule has 0 atom stereocenters. The summed E-state index contributed by atoms with van der Waals surface area (Å²) in [5, 5.41) is 8.75. The minimum Gasteiger partial charge on any atom is -0.0654 e. The standard InChI is InChI=1S/C56H62P2/c1-3-5-7-15-29-47-43-50(46-58(54-37-23-12-24-38-54,55-39-25-13-26-40-55)56-41-27-14-28-42-56)48(30-16-8-6-4-2)44-49(47)45-57(51-31-17-9-18-32-51,52-33-19-10-20-34-52)53-35-21-11-22-36-53/h9-14,17-28,31-44H,3-8,15-16,29-30,45-46H2,1-2H3/q+2. The Morgan fingerprint density at radius 2 is 0.517 bits per heavy atom. The molecule has 0 nitrogen and oxygen atoms in total. The Morgan fingerprint density at radius 3 is 0.741 bits per heavy atom. The normalized spacial score (nSPS) is 11.8. The molecule has 0 aromatic heterocycles. The zero-order valence-corrected chi connectivity index (χ0v) is 36.6. The summed E-state index contributed by atoms with van der Waals surface area (Å²) in [5.74, 6) is 0. The molecule has 0 heterocycles. The van der Waals surface area contributed by atoms with Crippen molar-refractivity contribution >= 4 is 46.4 Å². The summed E-state index contributed by atoms with van der Waals surface area (Å²) in [6.45, 7) is 4.66. The quantitative estimate of drug-likeness (QED) is 0.0532. The maximum absolute atomic E-state index is 2.73. The van der Waals surface area contributed by atoms with Gasteiger partial charge in [-0.3, -0.25) is 0 Å². The van der Waals surface area contributed by atoms with Crippen LogP contribution in [0.4, 0.5) is 0 Å². The van der Waals surface area contributed by atoms with Crippen molar-refractivity contribution in [2.45, 2.75) is 90.4 Å². The Labute approximate surface area is 351 Å². The molecule has 0 N–H and O–H groups in total. The smallest absolute Gasteiger partial charge is 0.0654 e. The van der Waals surface area contributed by atoms with Crippen LogP contribution in [-0.4, -0.2) is 0 Å². The van der Waals surface area contributed by atoms with E-state index in [1.807, 2.05) is 0 Å². The molecule has 0 aliphatic rings. The highest BCUT2D eigenvalue weighted by Crippen LogP contribution is 2.60. The van der Waals surface area contributed by atoms with Crippen molar-refractivity contribution in [1.82, 2.24) is 0 Å². The fraction of sp³-hybridized carbons (Fsp3) is 0.250. The van der Waals surface area contributed by atoms with E-state index in [9.17, 15) is 0 Å². The third-order valence-electron chi connectivity index (χ3n) is 12.1. The van der Waals surface area contributed by atoms with E-state index in [0.717, 1.165) is 25.2 Å². The Morgan fingerprint density at radius 1 is 0.276 bits per heavy atom. The van der Waals surface area contributed by atoms with Crippen LogP contribution in [0.1, 0.15) is 87.5 Å². The van der Waals surface area contributed by atoms with Crippen molar-refractivity contribution in [1.29, 1.82) is 0 Å². The van der Waals surface area contributed by atoms with Crippen LogP contribution in [0.3, 0.4) is 0 Å². The van der Waals surface area contributed by atoms with Gasteiger partial charge in [0.2, 0.25) is 0 Å².